The van der Waals surface area contributed by atoms with Crippen LogP contribution in [0, 0.1) is 0 Å². The monoisotopic (exact) mass is 396 g/mol. The van der Waals surface area contributed by atoms with Crippen molar-refractivity contribution in [3.05, 3.63) is 47.0 Å². The zero-order valence-electron chi connectivity index (χ0n) is 15.5. The highest BCUT2D eigenvalue weighted by molar-refractivity contribution is 7.17. The van der Waals surface area contributed by atoms with Gasteiger partial charge in [-0.15, -0.1) is 11.3 Å². The van der Waals surface area contributed by atoms with Gasteiger partial charge < -0.3 is 14.8 Å². The molecule has 0 radical (unpaired) electrons. The molecule has 144 valence electrons. The predicted molar refractivity (Wildman–Crippen MR) is 107 cm³/mol. The number of thiophene rings is 1. The number of benzene rings is 1. The first-order valence-electron chi connectivity index (χ1n) is 9.22. The van der Waals surface area contributed by atoms with Crippen molar-refractivity contribution in [1.82, 2.24) is 14.7 Å². The summed E-state index contributed by atoms with van der Waals surface area (Å²) in [6.07, 6.45) is 0. The zero-order valence-corrected chi connectivity index (χ0v) is 16.3. The number of amides is 1. The molecule has 5 rings (SSSR count). The molecule has 1 aromatic carbocycles. The van der Waals surface area contributed by atoms with E-state index in [4.69, 9.17) is 9.47 Å². The predicted octanol–water partition coefficient (Wildman–Crippen LogP) is 3.08. The zero-order chi connectivity index (χ0) is 19.1. The van der Waals surface area contributed by atoms with Crippen LogP contribution >= 0.6 is 11.3 Å². The van der Waals surface area contributed by atoms with Gasteiger partial charge in [-0.3, -0.25) is 14.4 Å². The van der Waals surface area contributed by atoms with Crippen LogP contribution < -0.4 is 14.8 Å². The van der Waals surface area contributed by atoms with E-state index in [0.29, 0.717) is 23.9 Å². The Hall–Kier alpha value is -2.84. The number of nitrogens with zero attached hydrogens (tertiary/aromatic N) is 3. The summed E-state index contributed by atoms with van der Waals surface area (Å²) in [5.74, 6) is 1.97. The van der Waals surface area contributed by atoms with E-state index in [1.54, 1.807) is 0 Å². The molecule has 1 amide bonds. The summed E-state index contributed by atoms with van der Waals surface area (Å²) in [6.45, 7) is 3.78. The first-order chi connectivity index (χ1) is 13.7. The maximum atomic E-state index is 12.7. The van der Waals surface area contributed by atoms with E-state index in [2.05, 4.69) is 22.4 Å². The molecule has 2 aromatic heterocycles. The van der Waals surface area contributed by atoms with Crippen LogP contribution in [-0.2, 0) is 13.1 Å². The SMILES string of the molecule is CN1CCn2nc(NC(=O)c3ccc(-c4ccc5c(c4)OCCO5)s3)cc2C1. The average molecular weight is 396 g/mol. The summed E-state index contributed by atoms with van der Waals surface area (Å²) in [7, 11) is 2.08. The number of anilines is 1. The van der Waals surface area contributed by atoms with Gasteiger partial charge >= 0.3 is 0 Å². The normalized spacial score (nSPS) is 15.9. The summed E-state index contributed by atoms with van der Waals surface area (Å²) in [6, 6.07) is 11.6. The molecule has 8 heteroatoms. The van der Waals surface area contributed by atoms with Crippen molar-refractivity contribution in [3.63, 3.8) is 0 Å². The number of ether oxygens (including phenoxy) is 2. The first kappa shape index (κ1) is 17.3. The highest BCUT2D eigenvalue weighted by atomic mass is 32.1. The number of carbonyl (C=O) groups is 1. The van der Waals surface area contributed by atoms with Gasteiger partial charge in [0.1, 0.15) is 13.2 Å². The van der Waals surface area contributed by atoms with E-state index < -0.39 is 0 Å². The summed E-state index contributed by atoms with van der Waals surface area (Å²) < 4.78 is 13.2. The van der Waals surface area contributed by atoms with Crippen LogP contribution in [0.15, 0.2) is 36.4 Å². The van der Waals surface area contributed by atoms with Crippen LogP contribution in [0.25, 0.3) is 10.4 Å². The van der Waals surface area contributed by atoms with E-state index >= 15 is 0 Å². The molecule has 0 saturated carbocycles. The first-order valence-corrected chi connectivity index (χ1v) is 10.0. The average Bonchev–Trinajstić information content (AvgIpc) is 3.34. The Kier molecular flexibility index (Phi) is 4.29. The molecule has 0 spiro atoms. The van der Waals surface area contributed by atoms with Crippen molar-refractivity contribution >= 4 is 23.1 Å². The minimum atomic E-state index is -0.141. The molecular weight excluding hydrogens is 376 g/mol. The number of nitrogens with one attached hydrogen (secondary N) is 1. The Morgan fingerprint density at radius 3 is 2.86 bits per heavy atom. The topological polar surface area (TPSA) is 68.6 Å². The van der Waals surface area contributed by atoms with E-state index in [1.807, 2.05) is 41.1 Å². The van der Waals surface area contributed by atoms with Crippen molar-refractivity contribution in [2.24, 2.45) is 0 Å². The second-order valence-electron chi connectivity index (χ2n) is 6.96. The van der Waals surface area contributed by atoms with Gasteiger partial charge in [0.25, 0.3) is 5.91 Å². The molecule has 2 aliphatic rings. The Morgan fingerprint density at radius 1 is 1.11 bits per heavy atom. The van der Waals surface area contributed by atoms with E-state index in [1.165, 1.54) is 11.3 Å². The fourth-order valence-electron chi connectivity index (χ4n) is 3.45. The largest absolute Gasteiger partial charge is 0.486 e. The molecule has 0 bridgehead atoms. The van der Waals surface area contributed by atoms with Crippen molar-refractivity contribution in [2.75, 3.05) is 32.1 Å². The van der Waals surface area contributed by atoms with E-state index in [0.717, 1.165) is 47.3 Å². The van der Waals surface area contributed by atoms with Gasteiger partial charge in [0.15, 0.2) is 17.3 Å². The van der Waals surface area contributed by atoms with Crippen molar-refractivity contribution in [2.45, 2.75) is 13.1 Å². The molecule has 0 saturated heterocycles. The van der Waals surface area contributed by atoms with Gasteiger partial charge in [-0.2, -0.15) is 5.10 Å². The van der Waals surface area contributed by atoms with Crippen molar-refractivity contribution < 1.29 is 14.3 Å². The standard InChI is InChI=1S/C20H20N4O3S/c1-23-6-7-24-14(12-23)11-19(22-24)21-20(25)18-5-4-17(28-18)13-2-3-15-16(10-13)27-9-8-26-15/h2-5,10-11H,6-9,12H2,1H3,(H,21,22,25). The van der Waals surface area contributed by atoms with Crippen LogP contribution in [0.4, 0.5) is 5.82 Å². The van der Waals surface area contributed by atoms with Crippen molar-refractivity contribution in [1.29, 1.82) is 0 Å². The number of likely N-dealkylation sites (N-methyl/N-ethyl adjacent to an activating group) is 1. The quantitative estimate of drug-likeness (QED) is 0.737. The van der Waals surface area contributed by atoms with Gasteiger partial charge in [0, 0.05) is 24.0 Å². The van der Waals surface area contributed by atoms with Gasteiger partial charge in [-0.25, -0.2) is 0 Å². The molecule has 0 unspecified atom stereocenters. The van der Waals surface area contributed by atoms with Gasteiger partial charge in [0.2, 0.25) is 0 Å². The van der Waals surface area contributed by atoms with E-state index in [-0.39, 0.29) is 5.91 Å². The number of hydrogen-bond acceptors (Lipinski definition) is 6. The number of carbonyl (C=O) groups excluding carboxylic acids is 1. The maximum absolute atomic E-state index is 12.7. The number of rotatable bonds is 3. The molecular formula is C20H20N4O3S. The molecule has 3 aromatic rings. The van der Waals surface area contributed by atoms with Gasteiger partial charge in [-0.05, 0) is 42.9 Å². The third-order valence-electron chi connectivity index (χ3n) is 4.89. The summed E-state index contributed by atoms with van der Waals surface area (Å²) in [5, 5.41) is 7.42. The van der Waals surface area contributed by atoms with Crippen LogP contribution in [0.2, 0.25) is 0 Å². The Labute approximate surface area is 166 Å². The maximum Gasteiger partial charge on any atom is 0.266 e. The summed E-state index contributed by atoms with van der Waals surface area (Å²) in [5.41, 5.74) is 2.13. The number of fused-ring (bicyclic) bond motifs is 2. The molecule has 1 N–H and O–H groups in total. The molecule has 0 atom stereocenters. The number of aromatic nitrogens is 2. The molecule has 7 nitrogen and oxygen atoms in total. The minimum absolute atomic E-state index is 0.141. The van der Waals surface area contributed by atoms with Crippen molar-refractivity contribution in [3.8, 4) is 21.9 Å². The lowest BCUT2D eigenvalue weighted by Gasteiger charge is -2.22. The Morgan fingerprint density at radius 2 is 1.96 bits per heavy atom. The van der Waals surface area contributed by atoms with Crippen LogP contribution in [0.3, 0.4) is 0 Å². The lowest BCUT2D eigenvalue weighted by molar-refractivity contribution is 0.103. The molecule has 4 heterocycles. The lowest BCUT2D eigenvalue weighted by Crippen LogP contribution is -2.30. The Balaban J connectivity index is 1.33. The van der Waals surface area contributed by atoms with Crippen LogP contribution in [-0.4, -0.2) is 47.4 Å². The fourth-order valence-corrected chi connectivity index (χ4v) is 4.35. The van der Waals surface area contributed by atoms with Gasteiger partial charge in [-0.1, -0.05) is 0 Å². The highest BCUT2D eigenvalue weighted by Crippen LogP contribution is 2.37. The van der Waals surface area contributed by atoms with Crippen LogP contribution in [0.5, 0.6) is 11.5 Å². The summed E-state index contributed by atoms with van der Waals surface area (Å²) >= 11 is 1.45. The highest BCUT2D eigenvalue weighted by Gasteiger charge is 2.18. The minimum Gasteiger partial charge on any atom is -0.486 e. The number of hydrogen-bond donors (Lipinski definition) is 1. The second-order valence-corrected chi connectivity index (χ2v) is 8.04. The summed E-state index contributed by atoms with van der Waals surface area (Å²) in [4.78, 5) is 16.6. The van der Waals surface area contributed by atoms with E-state index in [9.17, 15) is 4.79 Å². The second kappa shape index (κ2) is 6.96. The molecule has 0 fully saturated rings. The molecule has 0 aliphatic carbocycles. The lowest BCUT2D eigenvalue weighted by atomic mass is 10.1. The fraction of sp³-hybridized carbons (Fsp3) is 0.300. The van der Waals surface area contributed by atoms with Gasteiger partial charge in [0.05, 0.1) is 17.1 Å². The molecule has 28 heavy (non-hydrogen) atoms. The Bertz CT molecular complexity index is 1040. The molecule has 2 aliphatic heterocycles. The smallest absolute Gasteiger partial charge is 0.266 e. The third-order valence-corrected chi connectivity index (χ3v) is 6.02. The van der Waals surface area contributed by atoms with Crippen LogP contribution in [0.1, 0.15) is 15.4 Å². The third kappa shape index (κ3) is 3.25.